The Bertz CT molecular complexity index is 549. The summed E-state index contributed by atoms with van der Waals surface area (Å²) < 4.78 is 0. The molecule has 1 aromatic rings. The number of fused-ring (bicyclic) bond motifs is 1. The Morgan fingerprint density at radius 2 is 2.11 bits per heavy atom. The minimum absolute atomic E-state index is 0.0359. The number of allylic oxidation sites excluding steroid dienone is 1. The molecule has 0 saturated carbocycles. The highest BCUT2D eigenvalue weighted by Gasteiger charge is 2.21. The number of aryl methyl sites for hydroxylation is 1. The van der Waals surface area contributed by atoms with Crippen molar-refractivity contribution in [2.24, 2.45) is 0 Å². The minimum atomic E-state index is -0.161. The van der Waals surface area contributed by atoms with Crippen molar-refractivity contribution in [3.05, 3.63) is 36.0 Å². The normalized spacial score (nSPS) is 18.6. The summed E-state index contributed by atoms with van der Waals surface area (Å²) in [5.74, 6) is -0.290. The number of rotatable bonds is 1. The van der Waals surface area contributed by atoms with Crippen LogP contribution in [0.3, 0.4) is 0 Å². The first-order valence-electron chi connectivity index (χ1n) is 6.14. The summed E-state index contributed by atoms with van der Waals surface area (Å²) in [5, 5.41) is 3.34. The van der Waals surface area contributed by atoms with Crippen LogP contribution in [0.4, 0.5) is 11.4 Å². The fourth-order valence-corrected chi connectivity index (χ4v) is 2.38. The maximum Gasteiger partial charge on any atom is 0.238 e. The maximum atomic E-state index is 11.8. The van der Waals surface area contributed by atoms with E-state index in [2.05, 4.69) is 5.32 Å². The van der Waals surface area contributed by atoms with E-state index in [1.807, 2.05) is 18.2 Å². The molecule has 1 N–H and O–H groups in total. The van der Waals surface area contributed by atoms with E-state index in [4.69, 9.17) is 0 Å². The molecule has 18 heavy (non-hydrogen) atoms. The lowest BCUT2D eigenvalue weighted by Gasteiger charge is -2.24. The summed E-state index contributed by atoms with van der Waals surface area (Å²) in [6.07, 6.45) is 5.12. The van der Waals surface area contributed by atoms with E-state index in [0.717, 1.165) is 30.8 Å². The van der Waals surface area contributed by atoms with Crippen molar-refractivity contribution in [1.82, 2.24) is 0 Å². The van der Waals surface area contributed by atoms with Crippen molar-refractivity contribution in [3.63, 3.8) is 0 Å². The molecule has 0 aromatic heterocycles. The van der Waals surface area contributed by atoms with Gasteiger partial charge in [-0.05, 0) is 42.7 Å². The number of carbonyl (C=O) groups is 2. The van der Waals surface area contributed by atoms with E-state index >= 15 is 0 Å². The van der Waals surface area contributed by atoms with E-state index in [1.54, 1.807) is 11.1 Å². The first-order chi connectivity index (χ1) is 8.74. The first-order valence-corrected chi connectivity index (χ1v) is 6.14. The van der Waals surface area contributed by atoms with Gasteiger partial charge in [-0.3, -0.25) is 14.5 Å². The summed E-state index contributed by atoms with van der Waals surface area (Å²) in [6.45, 7) is 1.00. The molecular weight excluding hydrogens is 228 g/mol. The zero-order valence-corrected chi connectivity index (χ0v) is 9.98. The molecule has 0 saturated heterocycles. The second kappa shape index (κ2) is 4.29. The molecule has 2 aliphatic rings. The van der Waals surface area contributed by atoms with Crippen LogP contribution >= 0.6 is 0 Å². The molecule has 2 aliphatic heterocycles. The third-order valence-electron chi connectivity index (χ3n) is 3.31. The van der Waals surface area contributed by atoms with E-state index < -0.39 is 0 Å². The molecule has 92 valence electrons. The average Bonchev–Trinajstić information content (AvgIpc) is 2.38. The Morgan fingerprint density at radius 3 is 2.94 bits per heavy atom. The van der Waals surface area contributed by atoms with Gasteiger partial charge in [0, 0.05) is 24.1 Å². The van der Waals surface area contributed by atoms with E-state index in [-0.39, 0.29) is 18.1 Å². The predicted octanol–water partition coefficient (Wildman–Crippen LogP) is 1.86. The zero-order valence-electron chi connectivity index (χ0n) is 9.98. The van der Waals surface area contributed by atoms with E-state index in [9.17, 15) is 9.59 Å². The zero-order chi connectivity index (χ0) is 12.5. The van der Waals surface area contributed by atoms with Crippen LogP contribution in [0.2, 0.25) is 0 Å². The van der Waals surface area contributed by atoms with Gasteiger partial charge in [0.2, 0.25) is 5.91 Å². The van der Waals surface area contributed by atoms with Crippen molar-refractivity contribution < 1.29 is 9.59 Å². The van der Waals surface area contributed by atoms with Crippen LogP contribution in [0.15, 0.2) is 30.5 Å². The van der Waals surface area contributed by atoms with Gasteiger partial charge in [0.25, 0.3) is 0 Å². The number of ketones is 1. The van der Waals surface area contributed by atoms with Gasteiger partial charge < -0.3 is 5.32 Å². The van der Waals surface area contributed by atoms with Crippen LogP contribution in [0, 0.1) is 0 Å². The van der Waals surface area contributed by atoms with Gasteiger partial charge in [-0.25, -0.2) is 0 Å². The van der Waals surface area contributed by atoms with Crippen LogP contribution in [-0.2, 0) is 16.0 Å². The van der Waals surface area contributed by atoms with E-state index in [0.29, 0.717) is 0 Å². The third kappa shape index (κ3) is 1.90. The number of hydrogen-bond acceptors (Lipinski definition) is 3. The SMILES string of the molecule is O=C1C=CN(c2ccc3c(c2)CCCN3)C(=O)C1. The largest absolute Gasteiger partial charge is 0.385 e. The number of nitrogens with one attached hydrogen (secondary N) is 1. The number of carbonyl (C=O) groups excluding carboxylic acids is 2. The highest BCUT2D eigenvalue weighted by molar-refractivity contribution is 6.13. The summed E-state index contributed by atoms with van der Waals surface area (Å²) >= 11 is 0. The maximum absolute atomic E-state index is 11.8. The molecule has 0 radical (unpaired) electrons. The van der Waals surface area contributed by atoms with Crippen LogP contribution in [-0.4, -0.2) is 18.2 Å². The number of benzene rings is 1. The highest BCUT2D eigenvalue weighted by atomic mass is 16.2. The lowest BCUT2D eigenvalue weighted by atomic mass is 10.0. The summed E-state index contributed by atoms with van der Waals surface area (Å²) in [4.78, 5) is 24.5. The van der Waals surface area contributed by atoms with Crippen LogP contribution in [0.1, 0.15) is 18.4 Å². The molecular formula is C14H14N2O2. The molecule has 0 fully saturated rings. The molecule has 4 heteroatoms. The van der Waals surface area contributed by atoms with Gasteiger partial charge in [-0.1, -0.05) is 0 Å². The summed E-state index contributed by atoms with van der Waals surface area (Å²) in [6, 6.07) is 5.94. The van der Waals surface area contributed by atoms with Gasteiger partial charge in [-0.15, -0.1) is 0 Å². The Kier molecular flexibility index (Phi) is 2.63. The lowest BCUT2D eigenvalue weighted by molar-refractivity contribution is -0.124. The lowest BCUT2D eigenvalue weighted by Crippen LogP contribution is -2.30. The fraction of sp³-hybridized carbons (Fsp3) is 0.286. The first kappa shape index (κ1) is 11.0. The number of hydrogen-bond donors (Lipinski definition) is 1. The van der Waals surface area contributed by atoms with Gasteiger partial charge in [-0.2, -0.15) is 0 Å². The monoisotopic (exact) mass is 242 g/mol. The van der Waals surface area contributed by atoms with Crippen molar-refractivity contribution in [2.45, 2.75) is 19.3 Å². The summed E-state index contributed by atoms with van der Waals surface area (Å²) in [5.41, 5.74) is 3.22. The number of nitrogens with zero attached hydrogens (tertiary/aromatic N) is 1. The molecule has 0 bridgehead atoms. The van der Waals surface area contributed by atoms with Crippen molar-refractivity contribution >= 4 is 23.1 Å². The smallest absolute Gasteiger partial charge is 0.238 e. The minimum Gasteiger partial charge on any atom is -0.385 e. The van der Waals surface area contributed by atoms with Crippen LogP contribution < -0.4 is 10.2 Å². The van der Waals surface area contributed by atoms with Crippen LogP contribution in [0.25, 0.3) is 0 Å². The Labute approximate surface area is 105 Å². The second-order valence-corrected chi connectivity index (χ2v) is 4.59. The van der Waals surface area contributed by atoms with Crippen molar-refractivity contribution in [2.75, 3.05) is 16.8 Å². The molecule has 0 unspecified atom stereocenters. The average molecular weight is 242 g/mol. The molecule has 4 nitrogen and oxygen atoms in total. The quantitative estimate of drug-likeness (QED) is 0.765. The Hall–Kier alpha value is -2.10. The predicted molar refractivity (Wildman–Crippen MR) is 69.5 cm³/mol. The number of anilines is 2. The fourth-order valence-electron chi connectivity index (χ4n) is 2.38. The molecule has 1 amide bonds. The van der Waals surface area contributed by atoms with Crippen molar-refractivity contribution in [1.29, 1.82) is 0 Å². The molecule has 1 aromatic carbocycles. The molecule has 3 rings (SSSR count). The molecule has 0 atom stereocenters. The highest BCUT2D eigenvalue weighted by Crippen LogP contribution is 2.28. The van der Waals surface area contributed by atoms with Gasteiger partial charge in [0.15, 0.2) is 5.78 Å². The van der Waals surface area contributed by atoms with Crippen molar-refractivity contribution in [3.8, 4) is 0 Å². The van der Waals surface area contributed by atoms with Gasteiger partial charge in [0.1, 0.15) is 0 Å². The van der Waals surface area contributed by atoms with Gasteiger partial charge >= 0.3 is 0 Å². The van der Waals surface area contributed by atoms with Gasteiger partial charge in [0.05, 0.1) is 6.42 Å². The molecule has 2 heterocycles. The Balaban J connectivity index is 1.95. The summed E-state index contributed by atoms with van der Waals surface area (Å²) in [7, 11) is 0. The molecule has 0 aliphatic carbocycles. The molecule has 0 spiro atoms. The third-order valence-corrected chi connectivity index (χ3v) is 3.31. The number of amides is 1. The standard InChI is InChI=1S/C14H14N2O2/c17-12-5-7-16(14(18)9-12)11-3-4-13-10(8-11)2-1-6-15-13/h3-5,7-8,15H,1-2,6,9H2. The Morgan fingerprint density at radius 1 is 1.22 bits per heavy atom. The van der Waals surface area contributed by atoms with Crippen LogP contribution in [0.5, 0.6) is 0 Å². The van der Waals surface area contributed by atoms with E-state index in [1.165, 1.54) is 11.6 Å². The second-order valence-electron chi connectivity index (χ2n) is 4.59. The topological polar surface area (TPSA) is 49.4 Å².